The molecule has 2 aromatic rings. The van der Waals surface area contributed by atoms with Crippen molar-refractivity contribution in [3.05, 3.63) is 30.6 Å². The Kier molecular flexibility index (Phi) is 4.16. The molecule has 0 radical (unpaired) electrons. The largest absolute Gasteiger partial charge is 0.396 e. The van der Waals surface area contributed by atoms with Crippen LogP contribution in [0.3, 0.4) is 0 Å². The second-order valence-corrected chi connectivity index (χ2v) is 6.28. The molecule has 1 fully saturated rings. The summed E-state index contributed by atoms with van der Waals surface area (Å²) in [6.07, 6.45) is 3.68. The topological polar surface area (TPSA) is 58.4 Å². The second kappa shape index (κ2) is 6.08. The number of fused-ring (bicyclic) bond motifs is 1. The minimum atomic E-state index is -0.285. The van der Waals surface area contributed by atoms with Gasteiger partial charge in [-0.05, 0) is 44.7 Å². The zero-order valence-electron chi connectivity index (χ0n) is 13.1. The summed E-state index contributed by atoms with van der Waals surface area (Å²) in [5, 5.41) is 9.39. The monoisotopic (exact) mass is 301 g/mol. The minimum Gasteiger partial charge on any atom is -0.396 e. The van der Waals surface area contributed by atoms with Crippen molar-refractivity contribution in [2.24, 2.45) is 5.92 Å². The summed E-state index contributed by atoms with van der Waals surface area (Å²) in [7, 11) is 0. The van der Waals surface area contributed by atoms with Crippen molar-refractivity contribution in [3.63, 3.8) is 0 Å². The predicted molar refractivity (Wildman–Crippen MR) is 85.4 cm³/mol. The molecule has 22 heavy (non-hydrogen) atoms. The van der Waals surface area contributed by atoms with E-state index in [1.807, 2.05) is 40.7 Å². The summed E-state index contributed by atoms with van der Waals surface area (Å²) < 4.78 is 1.94. The number of para-hydroxylation sites is 2. The number of amides is 1. The first-order valence-corrected chi connectivity index (χ1v) is 7.94. The van der Waals surface area contributed by atoms with E-state index in [-0.39, 0.29) is 30.5 Å². The maximum absolute atomic E-state index is 12.9. The van der Waals surface area contributed by atoms with Gasteiger partial charge in [-0.2, -0.15) is 0 Å². The van der Waals surface area contributed by atoms with Crippen molar-refractivity contribution < 1.29 is 9.90 Å². The molecule has 1 aliphatic rings. The third kappa shape index (κ3) is 2.61. The zero-order chi connectivity index (χ0) is 15.7. The molecule has 1 amide bonds. The highest BCUT2D eigenvalue weighted by atomic mass is 16.3. The Balaban J connectivity index is 1.84. The Bertz CT molecular complexity index is 667. The molecule has 0 spiro atoms. The standard InChI is InChI=1S/C17H23N3O2/c1-12-7-8-14(10-21)9-19(12)17(22)13(2)20-11-18-15-5-3-4-6-16(15)20/h3-6,11-14,21H,7-10H2,1-2H3. The van der Waals surface area contributed by atoms with Crippen LogP contribution in [-0.2, 0) is 4.79 Å². The third-order valence-electron chi connectivity index (χ3n) is 4.78. The van der Waals surface area contributed by atoms with Gasteiger partial charge in [0.25, 0.3) is 0 Å². The Morgan fingerprint density at radius 3 is 2.95 bits per heavy atom. The summed E-state index contributed by atoms with van der Waals surface area (Å²) in [5.41, 5.74) is 1.88. The van der Waals surface area contributed by atoms with E-state index >= 15 is 0 Å². The van der Waals surface area contributed by atoms with E-state index in [1.54, 1.807) is 6.33 Å². The van der Waals surface area contributed by atoms with Crippen LogP contribution >= 0.6 is 0 Å². The summed E-state index contributed by atoms with van der Waals surface area (Å²) in [6, 6.07) is 7.80. The molecule has 1 aliphatic heterocycles. The van der Waals surface area contributed by atoms with Gasteiger partial charge in [0, 0.05) is 19.2 Å². The lowest BCUT2D eigenvalue weighted by atomic mass is 9.93. The smallest absolute Gasteiger partial charge is 0.245 e. The van der Waals surface area contributed by atoms with Crippen LogP contribution in [0, 0.1) is 5.92 Å². The third-order valence-corrected chi connectivity index (χ3v) is 4.78. The zero-order valence-corrected chi connectivity index (χ0v) is 13.1. The minimum absolute atomic E-state index is 0.105. The molecule has 3 atom stereocenters. The van der Waals surface area contributed by atoms with Gasteiger partial charge in [-0.3, -0.25) is 4.79 Å². The van der Waals surface area contributed by atoms with Crippen LogP contribution in [0.4, 0.5) is 0 Å². The molecule has 1 aromatic heterocycles. The first kappa shape index (κ1) is 15.0. The number of piperidine rings is 1. The molecular weight excluding hydrogens is 278 g/mol. The van der Waals surface area contributed by atoms with E-state index in [0.717, 1.165) is 23.9 Å². The lowest BCUT2D eigenvalue weighted by Crippen LogP contribution is -2.48. The van der Waals surface area contributed by atoms with E-state index in [1.165, 1.54) is 0 Å². The number of carbonyl (C=O) groups is 1. The SMILES string of the molecule is CC1CCC(CO)CN1C(=O)C(C)n1cnc2ccccc21. The van der Waals surface area contributed by atoms with E-state index < -0.39 is 0 Å². The number of aliphatic hydroxyl groups excluding tert-OH is 1. The molecule has 0 bridgehead atoms. The summed E-state index contributed by atoms with van der Waals surface area (Å²) in [4.78, 5) is 19.2. The van der Waals surface area contributed by atoms with Crippen molar-refractivity contribution in [1.82, 2.24) is 14.5 Å². The lowest BCUT2D eigenvalue weighted by Gasteiger charge is -2.39. The first-order chi connectivity index (χ1) is 10.6. The van der Waals surface area contributed by atoms with Crippen LogP contribution in [0.1, 0.15) is 32.7 Å². The maximum Gasteiger partial charge on any atom is 0.245 e. The van der Waals surface area contributed by atoms with Crippen LogP contribution in [0.15, 0.2) is 30.6 Å². The molecule has 118 valence electrons. The number of benzene rings is 1. The van der Waals surface area contributed by atoms with E-state index in [9.17, 15) is 9.90 Å². The number of hydrogen-bond acceptors (Lipinski definition) is 3. The Hall–Kier alpha value is -1.88. The van der Waals surface area contributed by atoms with Crippen molar-refractivity contribution in [2.75, 3.05) is 13.2 Å². The van der Waals surface area contributed by atoms with Gasteiger partial charge in [0.1, 0.15) is 6.04 Å². The molecule has 5 nitrogen and oxygen atoms in total. The van der Waals surface area contributed by atoms with Gasteiger partial charge in [-0.1, -0.05) is 12.1 Å². The number of nitrogens with zero attached hydrogens (tertiary/aromatic N) is 3. The Morgan fingerprint density at radius 2 is 2.18 bits per heavy atom. The van der Waals surface area contributed by atoms with Crippen molar-refractivity contribution >= 4 is 16.9 Å². The maximum atomic E-state index is 12.9. The number of rotatable bonds is 3. The Morgan fingerprint density at radius 1 is 1.41 bits per heavy atom. The molecule has 1 saturated heterocycles. The summed E-state index contributed by atoms with van der Waals surface area (Å²) in [5.74, 6) is 0.306. The van der Waals surface area contributed by atoms with Crippen molar-refractivity contribution in [1.29, 1.82) is 0 Å². The highest BCUT2D eigenvalue weighted by Crippen LogP contribution is 2.26. The first-order valence-electron chi connectivity index (χ1n) is 7.94. The number of aromatic nitrogens is 2. The van der Waals surface area contributed by atoms with Gasteiger partial charge in [0.05, 0.1) is 17.4 Å². The number of likely N-dealkylation sites (tertiary alicyclic amines) is 1. The van der Waals surface area contributed by atoms with Gasteiger partial charge >= 0.3 is 0 Å². The average molecular weight is 301 g/mol. The Labute approximate surface area is 130 Å². The fourth-order valence-electron chi connectivity index (χ4n) is 3.28. The highest BCUT2D eigenvalue weighted by Gasteiger charge is 2.32. The number of imidazole rings is 1. The molecule has 0 aliphatic carbocycles. The second-order valence-electron chi connectivity index (χ2n) is 6.28. The molecule has 3 rings (SSSR count). The van der Waals surface area contributed by atoms with E-state index in [2.05, 4.69) is 11.9 Å². The van der Waals surface area contributed by atoms with Crippen LogP contribution in [0.2, 0.25) is 0 Å². The normalized spacial score (nSPS) is 23.7. The fraction of sp³-hybridized carbons (Fsp3) is 0.529. The molecule has 1 aromatic carbocycles. The number of carbonyl (C=O) groups excluding carboxylic acids is 1. The quantitative estimate of drug-likeness (QED) is 0.945. The van der Waals surface area contributed by atoms with Crippen LogP contribution in [0.25, 0.3) is 11.0 Å². The highest BCUT2D eigenvalue weighted by molar-refractivity contribution is 5.84. The van der Waals surface area contributed by atoms with Crippen molar-refractivity contribution in [2.45, 2.75) is 38.8 Å². The molecular formula is C17H23N3O2. The van der Waals surface area contributed by atoms with Crippen LogP contribution in [-0.4, -0.2) is 44.7 Å². The van der Waals surface area contributed by atoms with Crippen LogP contribution < -0.4 is 0 Å². The fourth-order valence-corrected chi connectivity index (χ4v) is 3.28. The summed E-state index contributed by atoms with van der Waals surface area (Å²) >= 11 is 0. The lowest BCUT2D eigenvalue weighted by molar-refractivity contribution is -0.139. The van der Waals surface area contributed by atoms with Crippen LogP contribution in [0.5, 0.6) is 0 Å². The average Bonchev–Trinajstić information content (AvgIpc) is 2.98. The summed E-state index contributed by atoms with van der Waals surface area (Å²) in [6.45, 7) is 4.81. The van der Waals surface area contributed by atoms with Gasteiger partial charge in [0.15, 0.2) is 0 Å². The molecule has 5 heteroatoms. The molecule has 0 saturated carbocycles. The van der Waals surface area contributed by atoms with Crippen molar-refractivity contribution in [3.8, 4) is 0 Å². The molecule has 2 heterocycles. The molecule has 3 unspecified atom stereocenters. The number of hydrogen-bond donors (Lipinski definition) is 1. The van der Waals surface area contributed by atoms with E-state index in [4.69, 9.17) is 0 Å². The van der Waals surface area contributed by atoms with Gasteiger partial charge < -0.3 is 14.6 Å². The van der Waals surface area contributed by atoms with Gasteiger partial charge in [0.2, 0.25) is 5.91 Å². The number of aliphatic hydroxyl groups is 1. The predicted octanol–water partition coefficient (Wildman–Crippen LogP) is 2.22. The van der Waals surface area contributed by atoms with E-state index in [0.29, 0.717) is 6.54 Å². The van der Waals surface area contributed by atoms with Gasteiger partial charge in [-0.15, -0.1) is 0 Å². The van der Waals surface area contributed by atoms with Gasteiger partial charge in [-0.25, -0.2) is 4.98 Å². The molecule has 1 N–H and O–H groups in total.